The van der Waals surface area contributed by atoms with Gasteiger partial charge in [0.25, 0.3) is 5.91 Å². The average molecular weight is 612 g/mol. The Morgan fingerprint density at radius 3 is 2.62 bits per heavy atom. The van der Waals surface area contributed by atoms with Crippen molar-refractivity contribution in [3.05, 3.63) is 96.5 Å². The summed E-state index contributed by atoms with van der Waals surface area (Å²) in [6.07, 6.45) is 5.41. The van der Waals surface area contributed by atoms with Crippen LogP contribution in [0, 0.1) is 5.92 Å². The molecule has 45 heavy (non-hydrogen) atoms. The van der Waals surface area contributed by atoms with Gasteiger partial charge in [-0.2, -0.15) is 13.6 Å². The van der Waals surface area contributed by atoms with E-state index in [0.717, 1.165) is 16.5 Å². The summed E-state index contributed by atoms with van der Waals surface area (Å²) in [5.41, 5.74) is 3.61. The second-order valence-corrected chi connectivity index (χ2v) is 10.8. The smallest absolute Gasteiger partial charge is 0.320 e. The van der Waals surface area contributed by atoms with Crippen molar-refractivity contribution in [2.45, 2.75) is 32.0 Å². The van der Waals surface area contributed by atoms with Crippen LogP contribution in [0.25, 0.3) is 33.8 Å². The number of alkyl halides is 2. The van der Waals surface area contributed by atoms with Gasteiger partial charge in [0.15, 0.2) is 11.4 Å². The van der Waals surface area contributed by atoms with Crippen LogP contribution < -0.4 is 0 Å². The first-order valence-corrected chi connectivity index (χ1v) is 14.4. The number of aromatic nitrogens is 8. The molecule has 7 rings (SSSR count). The molecule has 1 aliphatic rings. The minimum Gasteiger partial charge on any atom is -0.436 e. The Labute approximate surface area is 255 Å². The Kier molecular flexibility index (Phi) is 7.55. The first-order valence-electron chi connectivity index (χ1n) is 14.4. The molecule has 2 aromatic carbocycles. The van der Waals surface area contributed by atoms with Gasteiger partial charge in [-0.3, -0.25) is 14.3 Å². The topological polar surface area (TPSA) is 141 Å². The minimum atomic E-state index is -2.72. The minimum absolute atomic E-state index is 0.139. The van der Waals surface area contributed by atoms with E-state index in [1.54, 1.807) is 40.0 Å². The highest BCUT2D eigenvalue weighted by Crippen LogP contribution is 2.34. The van der Waals surface area contributed by atoms with Crippen LogP contribution in [-0.4, -0.2) is 68.7 Å². The van der Waals surface area contributed by atoms with Crippen LogP contribution in [0.5, 0.6) is 0 Å². The molecule has 1 atom stereocenters. The lowest BCUT2D eigenvalue weighted by Crippen LogP contribution is -2.41. The maximum Gasteiger partial charge on any atom is 0.320 e. The highest BCUT2D eigenvalue weighted by molar-refractivity contribution is 5.93. The molecule has 0 bridgehead atoms. The Bertz CT molecular complexity index is 1950. The van der Waals surface area contributed by atoms with E-state index in [2.05, 4.69) is 30.4 Å². The molecule has 0 unspecified atom stereocenters. The predicted molar refractivity (Wildman–Crippen MR) is 157 cm³/mol. The molecule has 0 radical (unpaired) electrons. The molecule has 1 fully saturated rings. The molecule has 12 nitrogen and oxygen atoms in total. The number of fused-ring (bicyclic) bond motifs is 1. The summed E-state index contributed by atoms with van der Waals surface area (Å²) >= 11 is 0. The normalized spacial score (nSPS) is 14.8. The van der Waals surface area contributed by atoms with Gasteiger partial charge in [0.05, 0.1) is 18.2 Å². The number of carbonyl (C=O) groups excluding carboxylic acids is 1. The number of imidazole rings is 1. The van der Waals surface area contributed by atoms with Crippen molar-refractivity contribution in [1.29, 1.82) is 0 Å². The van der Waals surface area contributed by atoms with E-state index in [-0.39, 0.29) is 47.6 Å². The quantitative estimate of drug-likeness (QED) is 0.258. The Balaban J connectivity index is 1.08. The third kappa shape index (κ3) is 5.55. The van der Waals surface area contributed by atoms with Gasteiger partial charge < -0.3 is 14.4 Å². The summed E-state index contributed by atoms with van der Waals surface area (Å²) in [5.74, 6) is 0.480. The molecule has 1 N–H and O–H groups in total. The van der Waals surface area contributed by atoms with E-state index < -0.39 is 6.55 Å². The molecule has 1 saturated heterocycles. The third-order valence-electron chi connectivity index (χ3n) is 8.06. The number of pyridine rings is 1. The molecular formula is C31H27F2N9O3. The fourth-order valence-electron chi connectivity index (χ4n) is 5.84. The Hall–Kier alpha value is -5.37. The monoisotopic (exact) mass is 611 g/mol. The zero-order valence-electron chi connectivity index (χ0n) is 23.8. The van der Waals surface area contributed by atoms with Gasteiger partial charge in [-0.15, -0.1) is 10.2 Å². The molecule has 1 amide bonds. The van der Waals surface area contributed by atoms with Gasteiger partial charge in [0.2, 0.25) is 5.89 Å². The largest absolute Gasteiger partial charge is 0.436 e. The van der Waals surface area contributed by atoms with Gasteiger partial charge >= 0.3 is 6.55 Å². The average Bonchev–Trinajstić information content (AvgIpc) is 3.85. The number of aliphatic hydroxyl groups excluding tert-OH is 1. The number of carbonyl (C=O) groups is 1. The number of tetrazole rings is 1. The van der Waals surface area contributed by atoms with E-state index in [1.165, 1.54) is 12.4 Å². The molecule has 1 aliphatic heterocycles. The van der Waals surface area contributed by atoms with Crippen molar-refractivity contribution < 1.29 is 23.1 Å². The number of hydrogen-bond acceptors (Lipinski definition) is 9. The lowest BCUT2D eigenvalue weighted by Gasteiger charge is -2.35. The maximum absolute atomic E-state index is 13.6. The highest BCUT2D eigenvalue weighted by Gasteiger charge is 2.33. The fraction of sp³-hybridized carbons (Fsp3) is 0.258. The molecular weight excluding hydrogens is 584 g/mol. The van der Waals surface area contributed by atoms with Gasteiger partial charge in [-0.1, -0.05) is 30.3 Å². The molecule has 6 aromatic rings. The van der Waals surface area contributed by atoms with E-state index in [9.17, 15) is 18.7 Å². The van der Waals surface area contributed by atoms with Gasteiger partial charge in [0.1, 0.15) is 23.9 Å². The first-order chi connectivity index (χ1) is 22.0. The van der Waals surface area contributed by atoms with Gasteiger partial charge in [-0.05, 0) is 59.9 Å². The van der Waals surface area contributed by atoms with E-state index in [1.807, 2.05) is 30.3 Å². The number of benzene rings is 2. The van der Waals surface area contributed by atoms with Crippen LogP contribution in [0.1, 0.15) is 47.3 Å². The number of oxazole rings is 1. The first kappa shape index (κ1) is 28.4. The van der Waals surface area contributed by atoms with Crippen molar-refractivity contribution >= 4 is 17.0 Å². The van der Waals surface area contributed by atoms with E-state index in [0.29, 0.717) is 48.2 Å². The second kappa shape index (κ2) is 12.0. The maximum atomic E-state index is 13.6. The Morgan fingerprint density at radius 1 is 1.04 bits per heavy atom. The lowest BCUT2D eigenvalue weighted by atomic mass is 9.85. The number of likely N-dealkylation sites (tertiary alicyclic amines) is 1. The molecule has 0 saturated carbocycles. The fourth-order valence-corrected chi connectivity index (χ4v) is 5.84. The summed E-state index contributed by atoms with van der Waals surface area (Å²) in [7, 11) is 0. The number of amides is 1. The summed E-state index contributed by atoms with van der Waals surface area (Å²) in [5, 5.41) is 22.0. The summed E-state index contributed by atoms with van der Waals surface area (Å²) in [6.45, 7) is -1.98. The molecule has 14 heteroatoms. The number of halogens is 2. The van der Waals surface area contributed by atoms with E-state index in [4.69, 9.17) is 4.42 Å². The van der Waals surface area contributed by atoms with Gasteiger partial charge in [0, 0.05) is 30.4 Å². The van der Waals surface area contributed by atoms with Crippen LogP contribution in [0.2, 0.25) is 0 Å². The predicted octanol–water partition coefficient (Wildman–Crippen LogP) is 4.77. The summed E-state index contributed by atoms with van der Waals surface area (Å²) in [4.78, 5) is 29.6. The number of nitrogens with zero attached hydrogens (tertiary/aromatic N) is 9. The Morgan fingerprint density at radius 2 is 1.87 bits per heavy atom. The summed E-state index contributed by atoms with van der Waals surface area (Å²) in [6, 6.07) is 18.1. The van der Waals surface area contributed by atoms with Crippen LogP contribution in [0.3, 0.4) is 0 Å². The van der Waals surface area contributed by atoms with Crippen molar-refractivity contribution in [3.63, 3.8) is 0 Å². The molecule has 5 heterocycles. The highest BCUT2D eigenvalue weighted by atomic mass is 19.3. The molecule has 4 aromatic heterocycles. The zero-order valence-corrected chi connectivity index (χ0v) is 23.8. The zero-order chi connectivity index (χ0) is 30.9. The lowest BCUT2D eigenvalue weighted by molar-refractivity contribution is 0.0657. The van der Waals surface area contributed by atoms with Crippen molar-refractivity contribution in [2.24, 2.45) is 5.92 Å². The van der Waals surface area contributed by atoms with Crippen molar-refractivity contribution in [3.8, 4) is 22.7 Å². The second-order valence-electron chi connectivity index (χ2n) is 10.8. The number of hydrogen-bond donors (Lipinski definition) is 1. The standard InChI is InChI=1S/C31H27F2N9O3/c32-31(33)41-18-34-16-25(41)21-6-7-26-23(14-21)36-29(45-26)22-8-11-35-24(15-22)30(44)40-12-9-20(10-13-40)28(19-4-2-1-3-5-19)42-38-27(17-43)37-39-42/h1-8,11,14-16,18,20,28,31,43H,9-10,12-13,17H2/t28-/m0/s1. The van der Waals surface area contributed by atoms with Crippen LogP contribution in [0.15, 0.2) is 83.8 Å². The SMILES string of the molecule is O=C(c1cc(-c2nc3cc(-c4cncn4C(F)F)ccc3o2)ccn1)N1CCC([C@H](c2ccccc2)n2nnc(CO)n2)CC1. The molecule has 0 aliphatic carbocycles. The van der Waals surface area contributed by atoms with Crippen LogP contribution in [0.4, 0.5) is 8.78 Å². The van der Waals surface area contributed by atoms with Crippen molar-refractivity contribution in [2.75, 3.05) is 13.1 Å². The third-order valence-corrected chi connectivity index (χ3v) is 8.06. The number of piperidine rings is 1. The summed E-state index contributed by atoms with van der Waals surface area (Å²) < 4.78 is 33.5. The van der Waals surface area contributed by atoms with Crippen LogP contribution in [-0.2, 0) is 6.61 Å². The van der Waals surface area contributed by atoms with E-state index >= 15 is 0 Å². The van der Waals surface area contributed by atoms with Crippen molar-refractivity contribution in [1.82, 2.24) is 44.6 Å². The van der Waals surface area contributed by atoms with Crippen LogP contribution >= 0.6 is 0 Å². The number of aliphatic hydroxyl groups is 1. The molecule has 0 spiro atoms. The number of rotatable bonds is 8. The van der Waals surface area contributed by atoms with Gasteiger partial charge in [-0.25, -0.2) is 9.97 Å². The molecule has 228 valence electrons.